The number of H-pyrrole nitrogens is 1. The molecule has 3 N–H and O–H groups in total. The number of primary amides is 1. The summed E-state index contributed by atoms with van der Waals surface area (Å²) in [5.41, 5.74) is 8.87. The van der Waals surface area contributed by atoms with Crippen molar-refractivity contribution >= 4 is 5.91 Å². The number of aryl methyl sites for hydroxylation is 2. The highest BCUT2D eigenvalue weighted by Crippen LogP contribution is 2.25. The SMILES string of the molecule is Cc1cc(C)n(CCN2CCC[C@@H](c3cc(C(N)=O)n[nH]3)C2)n1. The second-order valence-electron chi connectivity index (χ2n) is 6.36. The second-order valence-corrected chi connectivity index (χ2v) is 6.36. The molecule has 0 spiro atoms. The number of carbonyl (C=O) groups excluding carboxylic acids is 1. The van der Waals surface area contributed by atoms with Crippen molar-refractivity contribution in [3.63, 3.8) is 0 Å². The van der Waals surface area contributed by atoms with Crippen molar-refractivity contribution in [1.82, 2.24) is 24.9 Å². The molecule has 0 radical (unpaired) electrons. The highest BCUT2D eigenvalue weighted by molar-refractivity contribution is 5.90. The minimum absolute atomic E-state index is 0.319. The number of hydrogen-bond donors (Lipinski definition) is 2. The first kappa shape index (κ1) is 15.7. The number of aromatic nitrogens is 4. The van der Waals surface area contributed by atoms with Gasteiger partial charge in [0.05, 0.1) is 12.2 Å². The first-order valence-electron chi connectivity index (χ1n) is 8.11. The van der Waals surface area contributed by atoms with Crippen LogP contribution in [-0.2, 0) is 6.54 Å². The van der Waals surface area contributed by atoms with Crippen LogP contribution in [0.15, 0.2) is 12.1 Å². The van der Waals surface area contributed by atoms with E-state index in [1.54, 1.807) is 6.07 Å². The van der Waals surface area contributed by atoms with Gasteiger partial charge in [0.2, 0.25) is 0 Å². The van der Waals surface area contributed by atoms with E-state index < -0.39 is 5.91 Å². The van der Waals surface area contributed by atoms with Gasteiger partial charge in [-0.05, 0) is 45.4 Å². The van der Waals surface area contributed by atoms with Crippen LogP contribution in [0.2, 0.25) is 0 Å². The lowest BCUT2D eigenvalue weighted by molar-refractivity contribution is 0.0995. The van der Waals surface area contributed by atoms with E-state index in [9.17, 15) is 4.79 Å². The summed E-state index contributed by atoms with van der Waals surface area (Å²) in [4.78, 5) is 13.6. The number of likely N-dealkylation sites (tertiary alicyclic amines) is 1. The Morgan fingerprint density at radius 2 is 2.22 bits per heavy atom. The summed E-state index contributed by atoms with van der Waals surface area (Å²) in [5.74, 6) is -0.102. The quantitative estimate of drug-likeness (QED) is 0.867. The van der Waals surface area contributed by atoms with Crippen LogP contribution in [0.1, 0.15) is 46.3 Å². The van der Waals surface area contributed by atoms with E-state index in [1.807, 2.05) is 6.92 Å². The summed E-state index contributed by atoms with van der Waals surface area (Å²) in [6.07, 6.45) is 2.25. The first-order valence-corrected chi connectivity index (χ1v) is 8.11. The zero-order valence-corrected chi connectivity index (χ0v) is 13.7. The second kappa shape index (κ2) is 6.54. The molecule has 1 saturated heterocycles. The van der Waals surface area contributed by atoms with Crippen molar-refractivity contribution in [2.75, 3.05) is 19.6 Å². The molecule has 7 heteroatoms. The maximum absolute atomic E-state index is 11.2. The van der Waals surface area contributed by atoms with Crippen LogP contribution in [0.25, 0.3) is 0 Å². The van der Waals surface area contributed by atoms with Gasteiger partial charge in [0, 0.05) is 30.4 Å². The van der Waals surface area contributed by atoms with Gasteiger partial charge in [-0.2, -0.15) is 10.2 Å². The minimum atomic E-state index is -0.482. The van der Waals surface area contributed by atoms with E-state index in [-0.39, 0.29) is 0 Å². The largest absolute Gasteiger partial charge is 0.364 e. The molecule has 3 heterocycles. The predicted octanol–water partition coefficient (Wildman–Crippen LogP) is 1.20. The lowest BCUT2D eigenvalue weighted by Gasteiger charge is -2.32. The smallest absolute Gasteiger partial charge is 0.269 e. The standard InChI is InChI=1S/C16H24N6O/c1-11-8-12(2)22(20-11)7-6-21-5-3-4-13(10-21)14-9-15(16(17)23)19-18-14/h8-9,13H,3-7,10H2,1-2H3,(H2,17,23)(H,18,19)/t13-/m1/s1. The monoisotopic (exact) mass is 316 g/mol. The third kappa shape index (κ3) is 3.61. The van der Waals surface area contributed by atoms with E-state index in [1.165, 1.54) is 5.69 Å². The molecule has 1 fully saturated rings. The summed E-state index contributed by atoms with van der Waals surface area (Å²) in [5, 5.41) is 11.5. The molecule has 3 rings (SSSR count). The molecule has 0 saturated carbocycles. The van der Waals surface area contributed by atoms with Gasteiger partial charge in [0.25, 0.3) is 5.91 Å². The number of nitrogens with two attached hydrogens (primary N) is 1. The third-order valence-electron chi connectivity index (χ3n) is 4.53. The molecule has 0 aliphatic carbocycles. The first-order chi connectivity index (χ1) is 11.0. The molecule has 1 aliphatic heterocycles. The average Bonchev–Trinajstić information content (AvgIpc) is 3.12. The van der Waals surface area contributed by atoms with Gasteiger partial charge < -0.3 is 10.6 Å². The van der Waals surface area contributed by atoms with Crippen molar-refractivity contribution in [2.45, 2.75) is 39.2 Å². The number of amides is 1. The van der Waals surface area contributed by atoms with Crippen LogP contribution in [-0.4, -0.2) is 50.4 Å². The van der Waals surface area contributed by atoms with Crippen molar-refractivity contribution in [3.05, 3.63) is 34.9 Å². The van der Waals surface area contributed by atoms with E-state index in [4.69, 9.17) is 5.73 Å². The molecule has 0 bridgehead atoms. The Bertz CT molecular complexity index is 689. The maximum Gasteiger partial charge on any atom is 0.269 e. The Kier molecular flexibility index (Phi) is 4.47. The molecule has 0 aromatic carbocycles. The molecule has 2 aromatic rings. The number of rotatable bonds is 5. The number of nitrogens with one attached hydrogen (secondary N) is 1. The van der Waals surface area contributed by atoms with Crippen LogP contribution in [0.3, 0.4) is 0 Å². The van der Waals surface area contributed by atoms with Gasteiger partial charge in [-0.25, -0.2) is 0 Å². The number of piperidine rings is 1. The van der Waals surface area contributed by atoms with Crippen molar-refractivity contribution in [2.24, 2.45) is 5.73 Å². The summed E-state index contributed by atoms with van der Waals surface area (Å²) >= 11 is 0. The zero-order chi connectivity index (χ0) is 16.4. The van der Waals surface area contributed by atoms with Crippen LogP contribution < -0.4 is 5.73 Å². The lowest BCUT2D eigenvalue weighted by atomic mass is 9.94. The van der Waals surface area contributed by atoms with Crippen molar-refractivity contribution in [1.29, 1.82) is 0 Å². The Morgan fingerprint density at radius 1 is 1.39 bits per heavy atom. The minimum Gasteiger partial charge on any atom is -0.364 e. The third-order valence-corrected chi connectivity index (χ3v) is 4.53. The Labute approximate surface area is 135 Å². The summed E-state index contributed by atoms with van der Waals surface area (Å²) in [6, 6.07) is 3.90. The highest BCUT2D eigenvalue weighted by atomic mass is 16.1. The zero-order valence-electron chi connectivity index (χ0n) is 13.7. The van der Waals surface area contributed by atoms with E-state index in [2.05, 4.69) is 37.9 Å². The summed E-state index contributed by atoms with van der Waals surface area (Å²) in [6.45, 7) is 8.08. The van der Waals surface area contributed by atoms with Gasteiger partial charge in [0.15, 0.2) is 0 Å². The summed E-state index contributed by atoms with van der Waals surface area (Å²) in [7, 11) is 0. The Hall–Kier alpha value is -2.15. The molecule has 23 heavy (non-hydrogen) atoms. The Morgan fingerprint density at radius 3 is 2.87 bits per heavy atom. The molecule has 1 amide bonds. The lowest BCUT2D eigenvalue weighted by Crippen LogP contribution is -2.36. The normalized spacial score (nSPS) is 19.1. The maximum atomic E-state index is 11.2. The van der Waals surface area contributed by atoms with Gasteiger partial charge in [-0.1, -0.05) is 0 Å². The van der Waals surface area contributed by atoms with E-state index >= 15 is 0 Å². The van der Waals surface area contributed by atoms with E-state index in [0.717, 1.165) is 50.4 Å². The Balaban J connectivity index is 1.59. The molecular formula is C16H24N6O. The average molecular weight is 316 g/mol. The molecule has 124 valence electrons. The molecule has 1 atom stereocenters. The van der Waals surface area contributed by atoms with Crippen LogP contribution in [0.5, 0.6) is 0 Å². The topological polar surface area (TPSA) is 92.8 Å². The van der Waals surface area contributed by atoms with Crippen LogP contribution in [0, 0.1) is 13.8 Å². The summed E-state index contributed by atoms with van der Waals surface area (Å²) < 4.78 is 2.07. The fraction of sp³-hybridized carbons (Fsp3) is 0.562. The van der Waals surface area contributed by atoms with Gasteiger partial charge in [0.1, 0.15) is 5.69 Å². The number of aromatic amines is 1. The fourth-order valence-corrected chi connectivity index (χ4v) is 3.32. The fourth-order valence-electron chi connectivity index (χ4n) is 3.32. The number of hydrogen-bond acceptors (Lipinski definition) is 4. The molecule has 0 unspecified atom stereocenters. The molecule has 2 aromatic heterocycles. The predicted molar refractivity (Wildman–Crippen MR) is 87.2 cm³/mol. The van der Waals surface area contributed by atoms with Crippen molar-refractivity contribution < 1.29 is 4.79 Å². The highest BCUT2D eigenvalue weighted by Gasteiger charge is 2.23. The molecule has 1 aliphatic rings. The van der Waals surface area contributed by atoms with Crippen LogP contribution >= 0.6 is 0 Å². The number of carbonyl (C=O) groups is 1. The molecule has 7 nitrogen and oxygen atoms in total. The van der Waals surface area contributed by atoms with Crippen molar-refractivity contribution in [3.8, 4) is 0 Å². The van der Waals surface area contributed by atoms with Crippen LogP contribution in [0.4, 0.5) is 0 Å². The van der Waals surface area contributed by atoms with Gasteiger partial charge >= 0.3 is 0 Å². The number of nitrogens with zero attached hydrogens (tertiary/aromatic N) is 4. The molecular weight excluding hydrogens is 292 g/mol. The van der Waals surface area contributed by atoms with Gasteiger partial charge in [-0.3, -0.25) is 14.6 Å². The van der Waals surface area contributed by atoms with Gasteiger partial charge in [-0.15, -0.1) is 0 Å². The van der Waals surface area contributed by atoms with E-state index in [0.29, 0.717) is 11.6 Å².